The Morgan fingerprint density at radius 3 is 2.32 bits per heavy atom. The first kappa shape index (κ1) is 27.1. The fraction of sp³-hybridized carbons (Fsp3) is 0.292. The first-order valence-electron chi connectivity index (χ1n) is 11.2. The van der Waals surface area contributed by atoms with Gasteiger partial charge in [0.15, 0.2) is 17.3 Å². The average Bonchev–Trinajstić information content (AvgIpc) is 3.23. The highest BCUT2D eigenvalue weighted by atomic mass is 19.4. The normalized spacial score (nSPS) is 14.3. The molecule has 4 rings (SSSR count). The molecule has 0 fully saturated rings. The Morgan fingerprint density at radius 1 is 1.00 bits per heavy atom. The maximum atomic E-state index is 13.9. The van der Waals surface area contributed by atoms with Gasteiger partial charge in [0, 0.05) is 37.3 Å². The third-order valence-electron chi connectivity index (χ3n) is 5.94. The molecule has 0 saturated heterocycles. The number of nitrogens with zero attached hydrogens (tertiary/aromatic N) is 3. The van der Waals surface area contributed by atoms with Crippen LogP contribution >= 0.6 is 0 Å². The third-order valence-corrected chi connectivity index (χ3v) is 5.94. The Bertz CT molecular complexity index is 1370. The van der Waals surface area contributed by atoms with E-state index in [1.54, 1.807) is 0 Å². The molecule has 0 radical (unpaired) electrons. The van der Waals surface area contributed by atoms with E-state index < -0.39 is 65.4 Å². The highest BCUT2D eigenvalue weighted by molar-refractivity contribution is 6.03. The van der Waals surface area contributed by atoms with Crippen molar-refractivity contribution in [2.24, 2.45) is 5.73 Å². The number of rotatable bonds is 6. The van der Waals surface area contributed by atoms with E-state index in [9.17, 15) is 40.3 Å². The van der Waals surface area contributed by atoms with Crippen LogP contribution in [0.5, 0.6) is 0 Å². The van der Waals surface area contributed by atoms with Crippen LogP contribution in [0.4, 0.5) is 36.4 Å². The number of benzene rings is 2. The predicted octanol–water partition coefficient (Wildman–Crippen LogP) is 4.01. The fourth-order valence-electron chi connectivity index (χ4n) is 4.13. The van der Waals surface area contributed by atoms with E-state index >= 15 is 0 Å². The van der Waals surface area contributed by atoms with E-state index in [0.717, 1.165) is 16.7 Å². The van der Waals surface area contributed by atoms with Gasteiger partial charge < -0.3 is 20.5 Å². The lowest BCUT2D eigenvalue weighted by molar-refractivity contribution is -0.148. The lowest BCUT2D eigenvalue weighted by Gasteiger charge is -2.30. The molecule has 202 valence electrons. The number of halogens is 7. The summed E-state index contributed by atoms with van der Waals surface area (Å²) in [6, 6.07) is 4.52. The lowest BCUT2D eigenvalue weighted by atomic mass is 10.0. The van der Waals surface area contributed by atoms with Crippen LogP contribution < -0.4 is 11.1 Å². The summed E-state index contributed by atoms with van der Waals surface area (Å²) in [6.45, 7) is -0.878. The van der Waals surface area contributed by atoms with E-state index in [1.807, 2.05) is 0 Å². The molecular weight excluding hydrogens is 523 g/mol. The number of fused-ring (bicyclic) bond motifs is 1. The van der Waals surface area contributed by atoms with Gasteiger partial charge >= 0.3 is 6.18 Å². The lowest BCUT2D eigenvalue weighted by Crippen LogP contribution is -2.42. The summed E-state index contributed by atoms with van der Waals surface area (Å²) < 4.78 is 95.3. The number of alkyl halides is 3. The van der Waals surface area contributed by atoms with Crippen molar-refractivity contribution < 1.29 is 40.3 Å². The van der Waals surface area contributed by atoms with E-state index in [4.69, 9.17) is 5.73 Å². The van der Waals surface area contributed by atoms with Gasteiger partial charge in [0.25, 0.3) is 5.91 Å². The molecule has 7 nitrogen and oxygen atoms in total. The Morgan fingerprint density at radius 2 is 1.66 bits per heavy atom. The van der Waals surface area contributed by atoms with E-state index in [-0.39, 0.29) is 42.9 Å². The van der Waals surface area contributed by atoms with Gasteiger partial charge in [-0.15, -0.1) is 0 Å². The van der Waals surface area contributed by atoms with Gasteiger partial charge in [-0.25, -0.2) is 22.5 Å². The second-order valence-corrected chi connectivity index (χ2v) is 8.68. The zero-order valence-corrected chi connectivity index (χ0v) is 19.5. The Hall–Kier alpha value is -3.94. The SMILES string of the molecule is NC(CC(=O)N1CCn2c(C(F)(F)F)nc(C(=O)Nc3ccc(F)cc3)c2C1)Cc1cc(F)c(F)cc1F. The summed E-state index contributed by atoms with van der Waals surface area (Å²) in [5.74, 6) is -7.18. The Balaban J connectivity index is 1.52. The molecule has 0 saturated carbocycles. The molecule has 0 aliphatic carbocycles. The second-order valence-electron chi connectivity index (χ2n) is 8.68. The number of aromatic nitrogens is 2. The van der Waals surface area contributed by atoms with Crippen molar-refractivity contribution in [1.82, 2.24) is 14.5 Å². The number of amides is 2. The van der Waals surface area contributed by atoms with Crippen molar-refractivity contribution in [2.45, 2.75) is 38.1 Å². The van der Waals surface area contributed by atoms with Crippen LogP contribution in [0.25, 0.3) is 0 Å². The molecule has 1 aromatic heterocycles. The minimum absolute atomic E-state index is 0.117. The zero-order chi connectivity index (χ0) is 27.8. The van der Waals surface area contributed by atoms with Gasteiger partial charge in [0.2, 0.25) is 11.7 Å². The zero-order valence-electron chi connectivity index (χ0n) is 19.5. The maximum Gasteiger partial charge on any atom is 0.449 e. The Labute approximate surface area is 211 Å². The number of carbonyl (C=O) groups is 2. The van der Waals surface area contributed by atoms with Crippen LogP contribution in [0.3, 0.4) is 0 Å². The van der Waals surface area contributed by atoms with Crippen LogP contribution in [0, 0.1) is 23.3 Å². The number of carbonyl (C=O) groups excluding carboxylic acids is 2. The molecule has 2 heterocycles. The number of nitrogens with one attached hydrogen (secondary N) is 1. The smallest absolute Gasteiger partial charge is 0.335 e. The Kier molecular flexibility index (Phi) is 7.44. The summed E-state index contributed by atoms with van der Waals surface area (Å²) in [4.78, 5) is 30.3. The fourth-order valence-corrected chi connectivity index (χ4v) is 4.13. The molecule has 2 aromatic carbocycles. The number of anilines is 1. The summed E-state index contributed by atoms with van der Waals surface area (Å²) in [6.07, 6.45) is -5.56. The highest BCUT2D eigenvalue weighted by Crippen LogP contribution is 2.33. The molecule has 1 unspecified atom stereocenters. The topological polar surface area (TPSA) is 93.2 Å². The average molecular weight is 543 g/mol. The summed E-state index contributed by atoms with van der Waals surface area (Å²) in [5, 5.41) is 2.35. The molecule has 14 heteroatoms. The summed E-state index contributed by atoms with van der Waals surface area (Å²) in [5.41, 5.74) is 5.06. The quantitative estimate of drug-likeness (QED) is 0.363. The van der Waals surface area contributed by atoms with Crippen LogP contribution in [0.1, 0.15) is 34.0 Å². The number of hydrogen-bond acceptors (Lipinski definition) is 4. The van der Waals surface area contributed by atoms with Crippen LogP contribution in [0.15, 0.2) is 36.4 Å². The highest BCUT2D eigenvalue weighted by Gasteiger charge is 2.41. The van der Waals surface area contributed by atoms with Gasteiger partial charge in [-0.3, -0.25) is 9.59 Å². The molecular formula is C24H20F7N5O2. The van der Waals surface area contributed by atoms with Gasteiger partial charge in [0.05, 0.1) is 12.2 Å². The van der Waals surface area contributed by atoms with Crippen molar-refractivity contribution in [2.75, 3.05) is 11.9 Å². The molecule has 3 N–H and O–H groups in total. The monoisotopic (exact) mass is 543 g/mol. The first-order chi connectivity index (χ1) is 17.8. The van der Waals surface area contributed by atoms with Crippen LogP contribution in [0.2, 0.25) is 0 Å². The maximum absolute atomic E-state index is 13.9. The second kappa shape index (κ2) is 10.4. The van der Waals surface area contributed by atoms with Crippen molar-refractivity contribution in [3.05, 3.63) is 82.4 Å². The number of nitrogens with two attached hydrogens (primary N) is 1. The number of imidazole rings is 1. The van der Waals surface area contributed by atoms with E-state index in [1.165, 1.54) is 17.0 Å². The van der Waals surface area contributed by atoms with E-state index in [0.29, 0.717) is 12.1 Å². The largest absolute Gasteiger partial charge is 0.449 e. The molecule has 0 spiro atoms. The predicted molar refractivity (Wildman–Crippen MR) is 120 cm³/mol. The van der Waals surface area contributed by atoms with Crippen molar-refractivity contribution in [3.8, 4) is 0 Å². The van der Waals surface area contributed by atoms with Gasteiger partial charge in [-0.1, -0.05) is 0 Å². The van der Waals surface area contributed by atoms with Crippen molar-refractivity contribution in [1.29, 1.82) is 0 Å². The molecule has 1 atom stereocenters. The van der Waals surface area contributed by atoms with Crippen LogP contribution in [-0.4, -0.2) is 38.9 Å². The summed E-state index contributed by atoms with van der Waals surface area (Å²) in [7, 11) is 0. The molecule has 1 aliphatic heterocycles. The first-order valence-corrected chi connectivity index (χ1v) is 11.2. The van der Waals surface area contributed by atoms with Gasteiger partial charge in [0.1, 0.15) is 11.6 Å². The molecule has 2 amide bonds. The van der Waals surface area contributed by atoms with Crippen LogP contribution in [-0.2, 0) is 30.5 Å². The molecule has 3 aromatic rings. The van der Waals surface area contributed by atoms with Crippen molar-refractivity contribution >= 4 is 17.5 Å². The molecule has 0 bridgehead atoms. The third kappa shape index (κ3) is 5.79. The van der Waals surface area contributed by atoms with Gasteiger partial charge in [-0.05, 0) is 42.3 Å². The van der Waals surface area contributed by atoms with E-state index in [2.05, 4.69) is 10.3 Å². The standard InChI is InChI=1S/C24H20F7N5O2/c25-13-1-3-15(4-2-13)33-22(38)21-19-11-35(5-6-36(19)23(34-21)24(29,30)31)20(37)9-14(32)7-12-8-17(27)18(28)10-16(12)26/h1-4,8,10,14H,5-7,9,11,32H2,(H,33,38). The van der Waals surface area contributed by atoms with Crippen molar-refractivity contribution in [3.63, 3.8) is 0 Å². The molecule has 1 aliphatic rings. The summed E-state index contributed by atoms with van der Waals surface area (Å²) >= 11 is 0. The minimum Gasteiger partial charge on any atom is -0.335 e. The molecule has 38 heavy (non-hydrogen) atoms. The minimum atomic E-state index is -4.88. The van der Waals surface area contributed by atoms with Gasteiger partial charge in [-0.2, -0.15) is 13.2 Å². The number of hydrogen-bond donors (Lipinski definition) is 2.